The summed E-state index contributed by atoms with van der Waals surface area (Å²) in [6, 6.07) is 6.62. The van der Waals surface area contributed by atoms with E-state index in [-0.39, 0.29) is 24.4 Å². The number of hydrogen-bond donors (Lipinski definition) is 1. The molecular formula is C17H22FNO3. The number of hydrogen-bond acceptors (Lipinski definition) is 4. The van der Waals surface area contributed by atoms with Crippen LogP contribution in [0.5, 0.6) is 0 Å². The van der Waals surface area contributed by atoms with E-state index in [1.807, 2.05) is 6.92 Å². The molecule has 2 saturated heterocycles. The molecule has 3 rings (SSSR count). The van der Waals surface area contributed by atoms with Crippen LogP contribution in [0.3, 0.4) is 0 Å². The van der Waals surface area contributed by atoms with Crippen molar-refractivity contribution in [2.75, 3.05) is 0 Å². The molecule has 2 aliphatic rings. The Kier molecular flexibility index (Phi) is 3.73. The highest BCUT2D eigenvalue weighted by Gasteiger charge is 2.64. The van der Waals surface area contributed by atoms with Crippen LogP contribution in [-0.4, -0.2) is 28.2 Å². The van der Waals surface area contributed by atoms with Crippen LogP contribution in [0.15, 0.2) is 29.4 Å². The molecule has 2 aliphatic heterocycles. The third-order valence-corrected chi connectivity index (χ3v) is 5.04. The van der Waals surface area contributed by atoms with Crippen LogP contribution in [0.1, 0.15) is 39.2 Å². The van der Waals surface area contributed by atoms with Gasteiger partial charge in [0.05, 0.1) is 24.0 Å². The lowest BCUT2D eigenvalue weighted by Crippen LogP contribution is -2.44. The summed E-state index contributed by atoms with van der Waals surface area (Å²) in [7, 11) is 0. The van der Waals surface area contributed by atoms with Crippen molar-refractivity contribution in [3.05, 3.63) is 35.6 Å². The molecule has 0 radical (unpaired) electrons. The van der Waals surface area contributed by atoms with Gasteiger partial charge in [0.15, 0.2) is 0 Å². The monoisotopic (exact) mass is 307 g/mol. The van der Waals surface area contributed by atoms with E-state index >= 15 is 0 Å². The number of fused-ring (bicyclic) bond motifs is 2. The van der Waals surface area contributed by atoms with Crippen molar-refractivity contribution in [3.8, 4) is 0 Å². The number of rotatable bonds is 4. The zero-order valence-electron chi connectivity index (χ0n) is 13.2. The quantitative estimate of drug-likeness (QED) is 0.684. The lowest BCUT2D eigenvalue weighted by atomic mass is 9.74. The van der Waals surface area contributed by atoms with E-state index in [1.165, 1.54) is 6.07 Å². The van der Waals surface area contributed by atoms with Gasteiger partial charge in [-0.3, -0.25) is 0 Å². The Bertz CT molecular complexity index is 603. The second kappa shape index (κ2) is 5.32. The highest BCUT2D eigenvalue weighted by atomic mass is 19.1. The van der Waals surface area contributed by atoms with Gasteiger partial charge in [-0.05, 0) is 18.9 Å². The summed E-state index contributed by atoms with van der Waals surface area (Å²) in [5.41, 5.74) is 0.153. The highest BCUT2D eigenvalue weighted by Crippen LogP contribution is 2.53. The fourth-order valence-electron chi connectivity index (χ4n) is 3.67. The molecule has 0 saturated carbocycles. The van der Waals surface area contributed by atoms with E-state index in [9.17, 15) is 9.60 Å². The SMILES string of the molecule is CC(C)[C@]12C[C@@H](OCc3ccccc3F)[C@](C)(C/C1=N\O)O2. The fraction of sp³-hybridized carbons (Fsp3) is 0.588. The molecule has 3 atom stereocenters. The Hall–Kier alpha value is -1.46. The molecule has 2 bridgehead atoms. The Morgan fingerprint density at radius 1 is 1.45 bits per heavy atom. The molecule has 2 fully saturated rings. The van der Waals surface area contributed by atoms with Gasteiger partial charge in [-0.15, -0.1) is 0 Å². The number of oxime groups is 1. The summed E-state index contributed by atoms with van der Waals surface area (Å²) in [5.74, 6) is -0.0739. The van der Waals surface area contributed by atoms with E-state index in [0.29, 0.717) is 24.1 Å². The summed E-state index contributed by atoms with van der Waals surface area (Å²) in [6.07, 6.45) is 1.04. The third-order valence-electron chi connectivity index (χ3n) is 5.04. The summed E-state index contributed by atoms with van der Waals surface area (Å²) in [5, 5.41) is 12.7. The van der Waals surface area contributed by atoms with Crippen molar-refractivity contribution in [3.63, 3.8) is 0 Å². The topological polar surface area (TPSA) is 51.0 Å². The van der Waals surface area contributed by atoms with Gasteiger partial charge < -0.3 is 14.7 Å². The van der Waals surface area contributed by atoms with Crippen LogP contribution < -0.4 is 0 Å². The number of nitrogens with zero attached hydrogens (tertiary/aromatic N) is 1. The van der Waals surface area contributed by atoms with Gasteiger partial charge in [0.25, 0.3) is 0 Å². The molecule has 1 aromatic carbocycles. The molecule has 0 aromatic heterocycles. The predicted octanol–water partition coefficient (Wildman–Crippen LogP) is 3.52. The van der Waals surface area contributed by atoms with Crippen LogP contribution in [0, 0.1) is 11.7 Å². The van der Waals surface area contributed by atoms with Crippen molar-refractivity contribution in [2.45, 2.75) is 57.5 Å². The molecule has 4 nitrogen and oxygen atoms in total. The lowest BCUT2D eigenvalue weighted by molar-refractivity contribution is -0.0930. The van der Waals surface area contributed by atoms with Crippen molar-refractivity contribution in [1.82, 2.24) is 0 Å². The number of benzene rings is 1. The average molecular weight is 307 g/mol. The largest absolute Gasteiger partial charge is 0.411 e. The van der Waals surface area contributed by atoms with Crippen molar-refractivity contribution in [2.24, 2.45) is 11.1 Å². The highest BCUT2D eigenvalue weighted by molar-refractivity contribution is 5.96. The van der Waals surface area contributed by atoms with Crippen LogP contribution in [-0.2, 0) is 16.1 Å². The molecule has 120 valence electrons. The second-order valence-corrected chi connectivity index (χ2v) is 6.78. The Labute approximate surface area is 129 Å². The minimum Gasteiger partial charge on any atom is -0.411 e. The maximum atomic E-state index is 13.7. The maximum Gasteiger partial charge on any atom is 0.128 e. The van der Waals surface area contributed by atoms with Crippen molar-refractivity contribution < 1.29 is 19.1 Å². The molecule has 0 amide bonds. The van der Waals surface area contributed by atoms with Gasteiger partial charge in [0, 0.05) is 18.4 Å². The van der Waals surface area contributed by atoms with E-state index in [2.05, 4.69) is 19.0 Å². The van der Waals surface area contributed by atoms with Crippen LogP contribution >= 0.6 is 0 Å². The summed E-state index contributed by atoms with van der Waals surface area (Å²) in [4.78, 5) is 0. The maximum absolute atomic E-state index is 13.7. The van der Waals surface area contributed by atoms with Gasteiger partial charge in [-0.1, -0.05) is 37.2 Å². The number of ether oxygens (including phenoxy) is 2. The van der Waals surface area contributed by atoms with Gasteiger partial charge in [-0.25, -0.2) is 4.39 Å². The van der Waals surface area contributed by atoms with Gasteiger partial charge in [0.1, 0.15) is 11.4 Å². The first-order valence-corrected chi connectivity index (χ1v) is 7.68. The molecular weight excluding hydrogens is 285 g/mol. The standard InChI is InChI=1S/C17H22FNO3/c1-11(2)17-9-15(16(3,22-17)8-14(17)19-20)21-10-12-6-4-5-7-13(12)18/h4-7,11,15,20H,8-10H2,1-3H3/b19-14+/t15-,16+,17-/m1/s1. The van der Waals surface area contributed by atoms with Gasteiger partial charge in [-0.2, -0.15) is 0 Å². The van der Waals surface area contributed by atoms with E-state index < -0.39 is 11.2 Å². The average Bonchev–Trinajstić information content (AvgIpc) is 2.95. The Morgan fingerprint density at radius 3 is 2.82 bits per heavy atom. The molecule has 1 N–H and O–H groups in total. The summed E-state index contributed by atoms with van der Waals surface area (Å²) >= 11 is 0. The fourth-order valence-corrected chi connectivity index (χ4v) is 3.67. The molecule has 0 aliphatic carbocycles. The molecule has 2 heterocycles. The van der Waals surface area contributed by atoms with Crippen LogP contribution in [0.2, 0.25) is 0 Å². The van der Waals surface area contributed by atoms with E-state index in [1.54, 1.807) is 18.2 Å². The summed E-state index contributed by atoms with van der Waals surface area (Å²) in [6.45, 7) is 6.30. The van der Waals surface area contributed by atoms with Crippen LogP contribution in [0.25, 0.3) is 0 Å². The smallest absolute Gasteiger partial charge is 0.128 e. The first-order chi connectivity index (χ1) is 10.4. The van der Waals surface area contributed by atoms with Crippen molar-refractivity contribution in [1.29, 1.82) is 0 Å². The molecule has 0 unspecified atom stereocenters. The van der Waals surface area contributed by atoms with Gasteiger partial charge in [0.2, 0.25) is 0 Å². The lowest BCUT2D eigenvalue weighted by Gasteiger charge is -2.32. The third kappa shape index (κ3) is 2.23. The Morgan fingerprint density at radius 2 is 2.18 bits per heavy atom. The molecule has 22 heavy (non-hydrogen) atoms. The first kappa shape index (κ1) is 15.4. The Balaban J connectivity index is 1.77. The number of halogens is 1. The summed E-state index contributed by atoms with van der Waals surface area (Å²) < 4.78 is 25.9. The normalized spacial score (nSPS) is 35.7. The van der Waals surface area contributed by atoms with E-state index in [0.717, 1.165) is 0 Å². The molecule has 5 heteroatoms. The van der Waals surface area contributed by atoms with Crippen molar-refractivity contribution >= 4 is 5.71 Å². The zero-order chi connectivity index (χ0) is 16.0. The predicted molar refractivity (Wildman–Crippen MR) is 80.5 cm³/mol. The minimum atomic E-state index is -0.566. The van der Waals surface area contributed by atoms with Gasteiger partial charge >= 0.3 is 0 Å². The van der Waals surface area contributed by atoms with Crippen LogP contribution in [0.4, 0.5) is 4.39 Å². The molecule has 1 aromatic rings. The first-order valence-electron chi connectivity index (χ1n) is 7.68. The van der Waals surface area contributed by atoms with E-state index in [4.69, 9.17) is 9.47 Å². The second-order valence-electron chi connectivity index (χ2n) is 6.78. The molecule has 0 spiro atoms. The zero-order valence-corrected chi connectivity index (χ0v) is 13.2. The minimum absolute atomic E-state index is 0.139.